The lowest BCUT2D eigenvalue weighted by atomic mass is 10.1. The Morgan fingerprint density at radius 1 is 0.958 bits per heavy atom. The van der Waals surface area contributed by atoms with Gasteiger partial charge in [0.05, 0.1) is 6.54 Å². The lowest BCUT2D eigenvalue weighted by molar-refractivity contribution is -0.274. The van der Waals surface area contributed by atoms with E-state index in [4.69, 9.17) is 11.6 Å². The molecule has 0 spiro atoms. The highest BCUT2D eigenvalue weighted by atomic mass is 35.5. The molecule has 126 valence electrons. The highest BCUT2D eigenvalue weighted by Crippen LogP contribution is 2.22. The second-order valence-electron chi connectivity index (χ2n) is 4.68. The van der Waals surface area contributed by atoms with Crippen molar-refractivity contribution in [3.8, 4) is 5.75 Å². The van der Waals surface area contributed by atoms with Gasteiger partial charge in [-0.05, 0) is 48.5 Å². The molecule has 0 fully saturated rings. The number of hydrogen-bond donors (Lipinski definition) is 1. The van der Waals surface area contributed by atoms with Crippen molar-refractivity contribution in [2.24, 2.45) is 0 Å². The summed E-state index contributed by atoms with van der Waals surface area (Å²) >= 11 is 5.72. The maximum Gasteiger partial charge on any atom is 0.573 e. The highest BCUT2D eigenvalue weighted by Gasteiger charge is 2.31. The van der Waals surface area contributed by atoms with Crippen LogP contribution in [0, 0.1) is 0 Å². The highest BCUT2D eigenvalue weighted by molar-refractivity contribution is 6.30. The van der Waals surface area contributed by atoms with Gasteiger partial charge in [-0.2, -0.15) is 0 Å². The molecule has 2 aromatic carbocycles. The monoisotopic (exact) mass is 357 g/mol. The minimum atomic E-state index is -4.80. The van der Waals surface area contributed by atoms with Crippen molar-refractivity contribution < 1.29 is 27.5 Å². The average molecular weight is 358 g/mol. The average Bonchev–Trinajstić information content (AvgIpc) is 2.52. The summed E-state index contributed by atoms with van der Waals surface area (Å²) in [6.45, 7) is -0.249. The minimum Gasteiger partial charge on any atom is -0.406 e. The molecular formula is C16H11ClF3NO3. The molecular weight excluding hydrogens is 347 g/mol. The molecule has 0 saturated heterocycles. The van der Waals surface area contributed by atoms with E-state index < -0.39 is 18.0 Å². The van der Waals surface area contributed by atoms with Gasteiger partial charge < -0.3 is 10.1 Å². The summed E-state index contributed by atoms with van der Waals surface area (Å²) in [7, 11) is 0. The quantitative estimate of drug-likeness (QED) is 0.827. The van der Waals surface area contributed by atoms with Crippen LogP contribution in [0.5, 0.6) is 5.75 Å². The van der Waals surface area contributed by atoms with Crippen molar-refractivity contribution >= 4 is 23.3 Å². The molecule has 0 saturated carbocycles. The normalized spacial score (nSPS) is 11.0. The van der Waals surface area contributed by atoms with Crippen LogP contribution in [0.2, 0.25) is 5.02 Å². The lowest BCUT2D eigenvalue weighted by Gasteiger charge is -2.09. The van der Waals surface area contributed by atoms with E-state index in [1.165, 1.54) is 24.3 Å². The van der Waals surface area contributed by atoms with Gasteiger partial charge in [0, 0.05) is 16.1 Å². The Balaban J connectivity index is 1.92. The van der Waals surface area contributed by atoms with Crippen LogP contribution in [0.25, 0.3) is 0 Å². The largest absolute Gasteiger partial charge is 0.573 e. The molecule has 0 radical (unpaired) electrons. The lowest BCUT2D eigenvalue weighted by Crippen LogP contribution is -2.29. The third-order valence-electron chi connectivity index (χ3n) is 2.93. The van der Waals surface area contributed by atoms with Crippen molar-refractivity contribution in [3.63, 3.8) is 0 Å². The molecule has 2 aromatic rings. The first-order valence-electron chi connectivity index (χ1n) is 6.67. The Morgan fingerprint density at radius 2 is 1.50 bits per heavy atom. The number of hydrogen-bond acceptors (Lipinski definition) is 3. The van der Waals surface area contributed by atoms with E-state index >= 15 is 0 Å². The molecule has 0 atom stereocenters. The predicted octanol–water partition coefficient (Wildman–Crippen LogP) is 3.85. The van der Waals surface area contributed by atoms with E-state index in [0.717, 1.165) is 12.1 Å². The fourth-order valence-corrected chi connectivity index (χ4v) is 1.93. The van der Waals surface area contributed by atoms with E-state index in [-0.39, 0.29) is 17.9 Å². The number of Topliss-reactive ketones (excluding diaryl/α,β-unsaturated/α-hetero) is 1. The number of nitrogens with one attached hydrogen (secondary N) is 1. The molecule has 1 N–H and O–H groups in total. The van der Waals surface area contributed by atoms with Gasteiger partial charge in [0.15, 0.2) is 5.78 Å². The van der Waals surface area contributed by atoms with Gasteiger partial charge in [0.25, 0.3) is 5.91 Å². The summed E-state index contributed by atoms with van der Waals surface area (Å²) in [4.78, 5) is 23.8. The van der Waals surface area contributed by atoms with Gasteiger partial charge in [0.2, 0.25) is 0 Å². The number of carbonyl (C=O) groups is 2. The number of ether oxygens (including phenoxy) is 1. The SMILES string of the molecule is O=C(CNC(=O)c1ccc(OC(F)(F)F)cc1)c1ccc(Cl)cc1. The van der Waals surface area contributed by atoms with Gasteiger partial charge >= 0.3 is 6.36 Å². The number of amides is 1. The zero-order valence-electron chi connectivity index (χ0n) is 12.1. The van der Waals surface area contributed by atoms with Crippen LogP contribution in [0.3, 0.4) is 0 Å². The van der Waals surface area contributed by atoms with E-state index in [0.29, 0.717) is 10.6 Å². The third kappa shape index (κ3) is 5.27. The summed E-state index contributed by atoms with van der Waals surface area (Å²) in [5.74, 6) is -1.34. The van der Waals surface area contributed by atoms with Crippen LogP contribution >= 0.6 is 11.6 Å². The zero-order valence-corrected chi connectivity index (χ0v) is 12.8. The standard InChI is InChI=1S/C16H11ClF3NO3/c17-12-5-1-10(2-6-12)14(22)9-21-15(23)11-3-7-13(8-4-11)24-16(18,19)20/h1-8H,9H2,(H,21,23). The van der Waals surface area contributed by atoms with E-state index in [1.54, 1.807) is 12.1 Å². The van der Waals surface area contributed by atoms with E-state index in [1.807, 2.05) is 0 Å². The fourth-order valence-electron chi connectivity index (χ4n) is 1.81. The molecule has 0 aliphatic rings. The number of alkyl halides is 3. The summed E-state index contributed by atoms with van der Waals surface area (Å²) < 4.78 is 39.9. The molecule has 0 heterocycles. The Morgan fingerprint density at radius 3 is 2.04 bits per heavy atom. The van der Waals surface area contributed by atoms with Gasteiger partial charge in [-0.25, -0.2) is 0 Å². The van der Waals surface area contributed by atoms with Crippen LogP contribution in [0.4, 0.5) is 13.2 Å². The number of carbonyl (C=O) groups excluding carboxylic acids is 2. The molecule has 4 nitrogen and oxygen atoms in total. The predicted molar refractivity (Wildman–Crippen MR) is 81.2 cm³/mol. The molecule has 0 bridgehead atoms. The topological polar surface area (TPSA) is 55.4 Å². The molecule has 2 rings (SSSR count). The number of benzene rings is 2. The van der Waals surface area contributed by atoms with Gasteiger partial charge in [-0.1, -0.05) is 11.6 Å². The molecule has 0 aliphatic heterocycles. The Labute approximate surface area is 140 Å². The summed E-state index contributed by atoms with van der Waals surface area (Å²) in [6.07, 6.45) is -4.80. The van der Waals surface area contributed by atoms with Crippen LogP contribution in [-0.4, -0.2) is 24.6 Å². The van der Waals surface area contributed by atoms with Crippen molar-refractivity contribution in [2.45, 2.75) is 6.36 Å². The smallest absolute Gasteiger partial charge is 0.406 e. The Bertz CT molecular complexity index is 728. The van der Waals surface area contributed by atoms with E-state index in [9.17, 15) is 22.8 Å². The van der Waals surface area contributed by atoms with Gasteiger partial charge in [-0.15, -0.1) is 13.2 Å². The second-order valence-corrected chi connectivity index (χ2v) is 5.12. The molecule has 0 unspecified atom stereocenters. The minimum absolute atomic E-state index is 0.105. The fraction of sp³-hybridized carbons (Fsp3) is 0.125. The van der Waals surface area contributed by atoms with Crippen LogP contribution < -0.4 is 10.1 Å². The van der Waals surface area contributed by atoms with E-state index in [2.05, 4.69) is 10.1 Å². The number of halogens is 4. The number of ketones is 1. The Kier molecular flexibility index (Phi) is 5.46. The second kappa shape index (κ2) is 7.35. The van der Waals surface area contributed by atoms with Crippen LogP contribution in [-0.2, 0) is 0 Å². The summed E-state index contributed by atoms with van der Waals surface area (Å²) in [6, 6.07) is 10.5. The van der Waals surface area contributed by atoms with Crippen molar-refractivity contribution in [2.75, 3.05) is 6.54 Å². The summed E-state index contributed by atoms with van der Waals surface area (Å²) in [5, 5.41) is 2.88. The van der Waals surface area contributed by atoms with Gasteiger partial charge in [0.1, 0.15) is 5.75 Å². The third-order valence-corrected chi connectivity index (χ3v) is 3.18. The van der Waals surface area contributed by atoms with Crippen LogP contribution in [0.1, 0.15) is 20.7 Å². The first-order valence-corrected chi connectivity index (χ1v) is 7.05. The first kappa shape index (κ1) is 17.8. The van der Waals surface area contributed by atoms with Crippen molar-refractivity contribution in [1.82, 2.24) is 5.32 Å². The Hall–Kier alpha value is -2.54. The number of rotatable bonds is 5. The molecule has 0 aliphatic carbocycles. The maximum absolute atomic E-state index is 12.0. The zero-order chi connectivity index (χ0) is 17.7. The molecule has 8 heteroatoms. The summed E-state index contributed by atoms with van der Waals surface area (Å²) in [5.41, 5.74) is 0.488. The molecule has 1 amide bonds. The van der Waals surface area contributed by atoms with Crippen molar-refractivity contribution in [3.05, 3.63) is 64.7 Å². The molecule has 24 heavy (non-hydrogen) atoms. The van der Waals surface area contributed by atoms with Crippen molar-refractivity contribution in [1.29, 1.82) is 0 Å². The first-order chi connectivity index (χ1) is 11.2. The molecule has 0 aromatic heterocycles. The van der Waals surface area contributed by atoms with Crippen LogP contribution in [0.15, 0.2) is 48.5 Å². The van der Waals surface area contributed by atoms with Gasteiger partial charge in [-0.3, -0.25) is 9.59 Å². The maximum atomic E-state index is 12.0.